The third-order valence-corrected chi connectivity index (χ3v) is 5.62. The molecule has 0 bridgehead atoms. The highest BCUT2D eigenvalue weighted by Gasteiger charge is 2.40. The van der Waals surface area contributed by atoms with E-state index in [1.807, 2.05) is 9.80 Å². The van der Waals surface area contributed by atoms with Gasteiger partial charge in [-0.3, -0.25) is 14.5 Å². The number of carbonyl (C=O) groups excluding carboxylic acids is 2. The highest BCUT2D eigenvalue weighted by atomic mass is 35.5. The van der Waals surface area contributed by atoms with Crippen LogP contribution in [0.25, 0.3) is 0 Å². The van der Waals surface area contributed by atoms with Crippen LogP contribution in [0.15, 0.2) is 0 Å². The summed E-state index contributed by atoms with van der Waals surface area (Å²) in [6.07, 6.45) is 6.95. The third-order valence-electron chi connectivity index (χ3n) is 5.62. The third kappa shape index (κ3) is 5.46. The Morgan fingerprint density at radius 3 is 2.00 bits per heavy atom. The van der Waals surface area contributed by atoms with Gasteiger partial charge in [0.25, 0.3) is 0 Å². The van der Waals surface area contributed by atoms with Crippen molar-refractivity contribution in [2.24, 2.45) is 5.73 Å². The van der Waals surface area contributed by atoms with Gasteiger partial charge in [0.05, 0.1) is 12.1 Å². The predicted molar refractivity (Wildman–Crippen MR) is 103 cm³/mol. The quantitative estimate of drug-likeness (QED) is 0.781. The van der Waals surface area contributed by atoms with Crippen molar-refractivity contribution in [1.82, 2.24) is 14.7 Å². The molecule has 6 nitrogen and oxygen atoms in total. The van der Waals surface area contributed by atoms with Gasteiger partial charge < -0.3 is 15.5 Å². The molecule has 2 amide bonds. The van der Waals surface area contributed by atoms with Crippen molar-refractivity contribution in [3.05, 3.63) is 0 Å². The second-order valence-corrected chi connectivity index (χ2v) is 7.37. The van der Waals surface area contributed by atoms with Crippen LogP contribution in [0.5, 0.6) is 0 Å². The van der Waals surface area contributed by atoms with Crippen molar-refractivity contribution in [2.45, 2.75) is 50.5 Å². The van der Waals surface area contributed by atoms with E-state index in [4.69, 9.17) is 5.73 Å². The van der Waals surface area contributed by atoms with E-state index in [-0.39, 0.29) is 36.6 Å². The molecule has 0 atom stereocenters. The second-order valence-electron chi connectivity index (χ2n) is 7.37. The number of carbonyl (C=O) groups is 2. The summed E-state index contributed by atoms with van der Waals surface area (Å²) in [4.78, 5) is 31.1. The fraction of sp³-hybridized carbons (Fsp3) is 0.882. The van der Waals surface area contributed by atoms with Gasteiger partial charge >= 0.3 is 0 Å². The number of rotatable bonds is 3. The molecule has 0 aromatic rings. The Morgan fingerprint density at radius 2 is 1.36 bits per heavy atom. The first-order valence-electron chi connectivity index (χ1n) is 9.17. The van der Waals surface area contributed by atoms with Crippen molar-refractivity contribution in [2.75, 3.05) is 45.8 Å². The minimum atomic E-state index is -0.624. The van der Waals surface area contributed by atoms with Crippen molar-refractivity contribution in [1.29, 1.82) is 0 Å². The number of likely N-dealkylation sites (tertiary alicyclic amines) is 1. The van der Waals surface area contributed by atoms with Crippen LogP contribution in [0.3, 0.4) is 0 Å². The smallest absolute Gasteiger partial charge is 0.242 e. The molecule has 8 heteroatoms. The van der Waals surface area contributed by atoms with E-state index in [0.29, 0.717) is 13.1 Å². The maximum Gasteiger partial charge on any atom is 0.242 e. The SMILES string of the molecule is Cl.Cl.NC1(C(=O)N2CCCN(CC(=O)N3CCCC3)CC2)CCCC1. The van der Waals surface area contributed by atoms with Gasteiger partial charge in [0.15, 0.2) is 0 Å². The van der Waals surface area contributed by atoms with Crippen molar-refractivity contribution in [3.8, 4) is 0 Å². The average molecular weight is 395 g/mol. The fourth-order valence-corrected chi connectivity index (χ4v) is 4.12. The van der Waals surface area contributed by atoms with Gasteiger partial charge in [0.2, 0.25) is 11.8 Å². The van der Waals surface area contributed by atoms with E-state index in [9.17, 15) is 9.59 Å². The van der Waals surface area contributed by atoms with Gasteiger partial charge in [-0.25, -0.2) is 0 Å². The Kier molecular flexibility index (Phi) is 8.95. The number of halogens is 2. The van der Waals surface area contributed by atoms with Crippen LogP contribution < -0.4 is 5.73 Å². The molecule has 2 heterocycles. The maximum absolute atomic E-state index is 12.7. The molecule has 1 saturated carbocycles. The lowest BCUT2D eigenvalue weighted by atomic mass is 9.97. The summed E-state index contributed by atoms with van der Waals surface area (Å²) in [5, 5.41) is 0. The Balaban J connectivity index is 0.00000156. The van der Waals surface area contributed by atoms with Crippen LogP contribution in [0, 0.1) is 0 Å². The van der Waals surface area contributed by atoms with E-state index in [1.54, 1.807) is 0 Å². The molecule has 1 aliphatic carbocycles. The lowest BCUT2D eigenvalue weighted by Crippen LogP contribution is -2.54. The van der Waals surface area contributed by atoms with E-state index in [0.717, 1.165) is 77.7 Å². The van der Waals surface area contributed by atoms with Crippen molar-refractivity contribution >= 4 is 36.6 Å². The van der Waals surface area contributed by atoms with Gasteiger partial charge in [-0.2, -0.15) is 0 Å². The van der Waals surface area contributed by atoms with Crippen LogP contribution in [0.1, 0.15) is 44.9 Å². The zero-order valence-corrected chi connectivity index (χ0v) is 16.6. The lowest BCUT2D eigenvalue weighted by Gasteiger charge is -2.30. The lowest BCUT2D eigenvalue weighted by molar-refractivity contribution is -0.136. The Bertz CT molecular complexity index is 452. The summed E-state index contributed by atoms with van der Waals surface area (Å²) in [5.41, 5.74) is 5.69. The minimum absolute atomic E-state index is 0. The Morgan fingerprint density at radius 1 is 0.760 bits per heavy atom. The second kappa shape index (κ2) is 9.95. The molecule has 146 valence electrons. The van der Waals surface area contributed by atoms with Gasteiger partial charge in [-0.15, -0.1) is 24.8 Å². The summed E-state index contributed by atoms with van der Waals surface area (Å²) in [7, 11) is 0. The average Bonchev–Trinajstić information content (AvgIpc) is 3.17. The normalized spacial score (nSPS) is 23.6. The zero-order chi connectivity index (χ0) is 16.3. The molecule has 0 aromatic heterocycles. The molecule has 25 heavy (non-hydrogen) atoms. The van der Waals surface area contributed by atoms with E-state index < -0.39 is 5.54 Å². The summed E-state index contributed by atoms with van der Waals surface area (Å²) in [6.45, 7) is 5.45. The Hall–Kier alpha value is -0.560. The summed E-state index contributed by atoms with van der Waals surface area (Å²) < 4.78 is 0. The molecule has 3 rings (SSSR count). The highest BCUT2D eigenvalue weighted by Crippen LogP contribution is 2.29. The minimum Gasteiger partial charge on any atom is -0.342 e. The largest absolute Gasteiger partial charge is 0.342 e. The van der Waals surface area contributed by atoms with E-state index in [2.05, 4.69) is 4.90 Å². The molecular formula is C17H32Cl2N4O2. The first-order valence-corrected chi connectivity index (χ1v) is 9.17. The number of nitrogens with two attached hydrogens (primary N) is 1. The molecule has 0 radical (unpaired) electrons. The summed E-state index contributed by atoms with van der Waals surface area (Å²) >= 11 is 0. The van der Waals surface area contributed by atoms with Crippen LogP contribution in [0.4, 0.5) is 0 Å². The summed E-state index contributed by atoms with van der Waals surface area (Å²) in [5.74, 6) is 0.371. The van der Waals surface area contributed by atoms with Gasteiger partial charge in [-0.1, -0.05) is 12.8 Å². The molecular weight excluding hydrogens is 363 g/mol. The Labute approximate surface area is 163 Å². The molecule has 2 N–H and O–H groups in total. The molecule has 3 aliphatic rings. The molecule has 3 fully saturated rings. The van der Waals surface area contributed by atoms with Gasteiger partial charge in [-0.05, 0) is 32.1 Å². The number of hydrogen-bond donors (Lipinski definition) is 1. The maximum atomic E-state index is 12.7. The molecule has 2 saturated heterocycles. The number of nitrogens with zero attached hydrogens (tertiary/aromatic N) is 3. The van der Waals surface area contributed by atoms with Crippen LogP contribution in [0.2, 0.25) is 0 Å². The molecule has 0 unspecified atom stereocenters. The van der Waals surface area contributed by atoms with Crippen LogP contribution in [-0.4, -0.2) is 77.9 Å². The molecule has 0 spiro atoms. The highest BCUT2D eigenvalue weighted by molar-refractivity contribution is 5.86. The van der Waals surface area contributed by atoms with Crippen LogP contribution >= 0.6 is 24.8 Å². The zero-order valence-electron chi connectivity index (χ0n) is 15.0. The molecule has 0 aromatic carbocycles. The van der Waals surface area contributed by atoms with Gasteiger partial charge in [0.1, 0.15) is 0 Å². The fourth-order valence-electron chi connectivity index (χ4n) is 4.12. The number of amides is 2. The topological polar surface area (TPSA) is 69.9 Å². The van der Waals surface area contributed by atoms with E-state index >= 15 is 0 Å². The van der Waals surface area contributed by atoms with Crippen molar-refractivity contribution in [3.63, 3.8) is 0 Å². The first kappa shape index (κ1) is 22.5. The standard InChI is InChI=1S/C17H30N4O2.2ClH/c18-17(6-1-2-7-17)16(23)21-11-5-8-19(12-13-21)14-15(22)20-9-3-4-10-20;;/h1-14,18H2;2*1H. The summed E-state index contributed by atoms with van der Waals surface area (Å²) in [6, 6.07) is 0. The number of hydrogen-bond acceptors (Lipinski definition) is 4. The monoisotopic (exact) mass is 394 g/mol. The van der Waals surface area contributed by atoms with Crippen molar-refractivity contribution < 1.29 is 9.59 Å². The van der Waals surface area contributed by atoms with Crippen LogP contribution in [-0.2, 0) is 9.59 Å². The van der Waals surface area contributed by atoms with E-state index in [1.165, 1.54) is 0 Å². The first-order chi connectivity index (χ1) is 11.1. The molecule has 2 aliphatic heterocycles. The predicted octanol–water partition coefficient (Wildman–Crippen LogP) is 1.26. The van der Waals surface area contributed by atoms with Gasteiger partial charge in [0, 0.05) is 39.3 Å².